The highest BCUT2D eigenvalue weighted by molar-refractivity contribution is 5.98. The molecule has 24 heavy (non-hydrogen) atoms. The molecule has 1 unspecified atom stereocenters. The maximum atomic E-state index is 10.4. The van der Waals surface area contributed by atoms with Crippen molar-refractivity contribution in [3.63, 3.8) is 0 Å². The third kappa shape index (κ3) is 3.49. The molecule has 2 aromatic rings. The Bertz CT molecular complexity index is 745. The van der Waals surface area contributed by atoms with Crippen LogP contribution in [0.2, 0.25) is 0 Å². The average Bonchev–Trinajstić information content (AvgIpc) is 2.52. The Kier molecular flexibility index (Phi) is 5.73. The lowest BCUT2D eigenvalue weighted by Gasteiger charge is -2.22. The largest absolute Gasteiger partial charge is 0.497 e. The summed E-state index contributed by atoms with van der Waals surface area (Å²) in [6.45, 7) is 7.63. The second-order valence-electron chi connectivity index (χ2n) is 5.98. The molecule has 2 rings (SSSR count). The quantitative estimate of drug-likeness (QED) is 0.832. The fourth-order valence-corrected chi connectivity index (χ4v) is 2.86. The minimum Gasteiger partial charge on any atom is -0.497 e. The zero-order valence-corrected chi connectivity index (χ0v) is 15.2. The monoisotopic (exact) mass is 330 g/mol. The van der Waals surface area contributed by atoms with E-state index >= 15 is 0 Å². The van der Waals surface area contributed by atoms with E-state index in [4.69, 9.17) is 14.2 Å². The maximum Gasteiger partial charge on any atom is 0.137 e. The molecule has 0 aromatic heterocycles. The Hall–Kier alpha value is -2.20. The van der Waals surface area contributed by atoms with E-state index in [2.05, 4.69) is 0 Å². The van der Waals surface area contributed by atoms with Gasteiger partial charge in [0.05, 0.1) is 31.8 Å². The van der Waals surface area contributed by atoms with Gasteiger partial charge < -0.3 is 19.3 Å². The summed E-state index contributed by atoms with van der Waals surface area (Å²) in [6.07, 6.45) is 3.23. The van der Waals surface area contributed by atoms with E-state index in [0.717, 1.165) is 21.9 Å². The molecule has 2 aromatic carbocycles. The Morgan fingerprint density at radius 2 is 1.75 bits per heavy atom. The van der Waals surface area contributed by atoms with Crippen LogP contribution in [0, 0.1) is 0 Å². The first-order chi connectivity index (χ1) is 11.4. The third-order valence-corrected chi connectivity index (χ3v) is 3.77. The summed E-state index contributed by atoms with van der Waals surface area (Å²) in [6, 6.07) is 5.80. The van der Waals surface area contributed by atoms with Gasteiger partial charge >= 0.3 is 0 Å². The molecule has 0 radical (unpaired) electrons. The summed E-state index contributed by atoms with van der Waals surface area (Å²) in [4.78, 5) is 0. The number of ether oxygens (including phenoxy) is 3. The summed E-state index contributed by atoms with van der Waals surface area (Å²) in [5, 5.41) is 12.2. The summed E-state index contributed by atoms with van der Waals surface area (Å²) in [5.41, 5.74) is 1.68. The van der Waals surface area contributed by atoms with Crippen molar-refractivity contribution in [1.29, 1.82) is 0 Å². The Morgan fingerprint density at radius 3 is 2.25 bits per heavy atom. The lowest BCUT2D eigenvalue weighted by molar-refractivity contribution is 0.183. The van der Waals surface area contributed by atoms with Gasteiger partial charge in [-0.1, -0.05) is 12.2 Å². The fraction of sp³-hybridized carbons (Fsp3) is 0.400. The molecule has 4 nitrogen and oxygen atoms in total. The molecule has 0 aliphatic rings. The van der Waals surface area contributed by atoms with Gasteiger partial charge in [-0.3, -0.25) is 0 Å². The van der Waals surface area contributed by atoms with Crippen LogP contribution in [0.1, 0.15) is 44.9 Å². The van der Waals surface area contributed by atoms with Crippen LogP contribution in [0.15, 0.2) is 24.3 Å². The van der Waals surface area contributed by atoms with Gasteiger partial charge in [-0.25, -0.2) is 0 Å². The molecule has 1 N–H and O–H groups in total. The average molecular weight is 330 g/mol. The minimum atomic E-state index is -0.666. The van der Waals surface area contributed by atoms with Crippen molar-refractivity contribution in [3.8, 4) is 17.2 Å². The van der Waals surface area contributed by atoms with Crippen molar-refractivity contribution in [2.75, 3.05) is 14.2 Å². The van der Waals surface area contributed by atoms with E-state index in [9.17, 15) is 5.11 Å². The van der Waals surface area contributed by atoms with E-state index in [0.29, 0.717) is 17.2 Å². The molecule has 4 heteroatoms. The lowest BCUT2D eigenvalue weighted by Crippen LogP contribution is -2.11. The second-order valence-corrected chi connectivity index (χ2v) is 5.98. The maximum absolute atomic E-state index is 10.4. The SMILES string of the molecule is C/C=C/c1cc2cc(OC)cc(OC)c2c(OC(C)C)c1C(C)O. The first kappa shape index (κ1) is 18.1. The van der Waals surface area contributed by atoms with Crippen molar-refractivity contribution < 1.29 is 19.3 Å². The highest BCUT2D eigenvalue weighted by Gasteiger charge is 2.22. The fourth-order valence-electron chi connectivity index (χ4n) is 2.86. The van der Waals surface area contributed by atoms with Crippen molar-refractivity contribution >= 4 is 16.8 Å². The second kappa shape index (κ2) is 7.58. The normalized spacial score (nSPS) is 12.8. The molecule has 0 saturated heterocycles. The third-order valence-electron chi connectivity index (χ3n) is 3.77. The van der Waals surface area contributed by atoms with Crippen LogP contribution in [0.3, 0.4) is 0 Å². The Morgan fingerprint density at radius 1 is 1.04 bits per heavy atom. The zero-order chi connectivity index (χ0) is 17.9. The van der Waals surface area contributed by atoms with Crippen LogP contribution in [0.25, 0.3) is 16.8 Å². The molecule has 0 aliphatic carbocycles. The molecule has 1 atom stereocenters. The molecule has 0 amide bonds. The lowest BCUT2D eigenvalue weighted by atomic mass is 9.95. The van der Waals surface area contributed by atoms with Gasteiger partial charge in [-0.05, 0) is 50.8 Å². The number of hydrogen-bond acceptors (Lipinski definition) is 4. The van der Waals surface area contributed by atoms with E-state index in [-0.39, 0.29) is 6.10 Å². The standard InChI is InChI=1S/C20H26O4/c1-7-8-14-9-15-10-16(22-5)11-17(23-6)19(15)20(24-12(2)3)18(14)13(4)21/h7-13,21H,1-6H3/b8-7+. The van der Waals surface area contributed by atoms with Crippen LogP contribution in [-0.2, 0) is 0 Å². The zero-order valence-electron chi connectivity index (χ0n) is 15.2. The van der Waals surface area contributed by atoms with Crippen LogP contribution >= 0.6 is 0 Å². The number of hydrogen-bond donors (Lipinski definition) is 1. The number of rotatable bonds is 6. The van der Waals surface area contributed by atoms with E-state index in [1.807, 2.05) is 51.1 Å². The van der Waals surface area contributed by atoms with Crippen molar-refractivity contribution in [2.45, 2.75) is 39.9 Å². The molecule has 0 saturated carbocycles. The smallest absolute Gasteiger partial charge is 0.137 e. The van der Waals surface area contributed by atoms with Gasteiger partial charge in [0.1, 0.15) is 17.2 Å². The molecule has 130 valence electrons. The van der Waals surface area contributed by atoms with Crippen molar-refractivity contribution in [2.24, 2.45) is 0 Å². The first-order valence-corrected chi connectivity index (χ1v) is 8.12. The topological polar surface area (TPSA) is 47.9 Å². The van der Waals surface area contributed by atoms with Gasteiger partial charge in [0, 0.05) is 11.6 Å². The highest BCUT2D eigenvalue weighted by atomic mass is 16.5. The van der Waals surface area contributed by atoms with Gasteiger partial charge in [-0.2, -0.15) is 0 Å². The number of aliphatic hydroxyl groups is 1. The summed E-state index contributed by atoms with van der Waals surface area (Å²) in [7, 11) is 3.25. The van der Waals surface area contributed by atoms with Gasteiger partial charge in [0.15, 0.2) is 0 Å². The Balaban J connectivity index is 2.96. The summed E-state index contributed by atoms with van der Waals surface area (Å²) >= 11 is 0. The Labute approximate surface area is 143 Å². The summed E-state index contributed by atoms with van der Waals surface area (Å²) < 4.78 is 17.1. The molecule has 0 heterocycles. The number of aliphatic hydroxyl groups excluding tert-OH is 1. The molecule has 0 aliphatic heterocycles. The van der Waals surface area contributed by atoms with Gasteiger partial charge in [-0.15, -0.1) is 0 Å². The minimum absolute atomic E-state index is 0.0293. The predicted molar refractivity (Wildman–Crippen MR) is 98.2 cm³/mol. The number of allylic oxidation sites excluding steroid dienone is 1. The van der Waals surface area contributed by atoms with Crippen LogP contribution in [-0.4, -0.2) is 25.4 Å². The molecular formula is C20H26O4. The highest BCUT2D eigenvalue weighted by Crippen LogP contribution is 2.44. The predicted octanol–water partition coefficient (Wildman–Crippen LogP) is 4.73. The van der Waals surface area contributed by atoms with Crippen molar-refractivity contribution in [3.05, 3.63) is 35.4 Å². The van der Waals surface area contributed by atoms with E-state index in [1.165, 1.54) is 0 Å². The molecular weight excluding hydrogens is 304 g/mol. The van der Waals surface area contributed by atoms with Crippen LogP contribution in [0.4, 0.5) is 0 Å². The molecule has 0 spiro atoms. The number of benzene rings is 2. The number of methoxy groups -OCH3 is 2. The number of fused-ring (bicyclic) bond motifs is 1. The molecule has 0 bridgehead atoms. The van der Waals surface area contributed by atoms with Gasteiger partial charge in [0.25, 0.3) is 0 Å². The first-order valence-electron chi connectivity index (χ1n) is 8.12. The van der Waals surface area contributed by atoms with Gasteiger partial charge in [0.2, 0.25) is 0 Å². The summed E-state index contributed by atoms with van der Waals surface area (Å²) in [5.74, 6) is 2.03. The van der Waals surface area contributed by atoms with Crippen molar-refractivity contribution in [1.82, 2.24) is 0 Å². The van der Waals surface area contributed by atoms with Crippen LogP contribution < -0.4 is 14.2 Å². The van der Waals surface area contributed by atoms with E-state index in [1.54, 1.807) is 21.1 Å². The molecule has 0 fully saturated rings. The van der Waals surface area contributed by atoms with Crippen LogP contribution in [0.5, 0.6) is 17.2 Å². The van der Waals surface area contributed by atoms with E-state index < -0.39 is 6.10 Å².